The SMILES string of the molecule is Cc1cc(C(=O)N(C)CC(=O)Nc2c(Cl)cccc2Cl)no1. The van der Waals surface area contributed by atoms with Gasteiger partial charge in [-0.25, -0.2) is 0 Å². The molecule has 8 heteroatoms. The van der Waals surface area contributed by atoms with Gasteiger partial charge < -0.3 is 14.7 Å². The molecule has 0 aliphatic heterocycles. The smallest absolute Gasteiger partial charge is 0.276 e. The standard InChI is InChI=1S/C14H13Cl2N3O3/c1-8-6-11(18-22-8)14(21)19(2)7-12(20)17-13-9(15)4-3-5-10(13)16/h3-6H,7H2,1-2H3,(H,17,20). The molecular weight excluding hydrogens is 329 g/mol. The van der Waals surface area contributed by atoms with Crippen LogP contribution in [0.25, 0.3) is 0 Å². The minimum absolute atomic E-state index is 0.142. The quantitative estimate of drug-likeness (QED) is 0.927. The Hall–Kier alpha value is -2.05. The number of hydrogen-bond acceptors (Lipinski definition) is 4. The number of para-hydroxylation sites is 1. The third-order valence-electron chi connectivity index (χ3n) is 2.80. The number of likely N-dealkylation sites (N-methyl/N-ethyl adjacent to an activating group) is 1. The first-order valence-electron chi connectivity index (χ1n) is 6.31. The molecule has 1 aromatic carbocycles. The summed E-state index contributed by atoms with van der Waals surface area (Å²) in [6.07, 6.45) is 0. The van der Waals surface area contributed by atoms with Crippen molar-refractivity contribution < 1.29 is 14.1 Å². The van der Waals surface area contributed by atoms with Gasteiger partial charge in [0.2, 0.25) is 5.91 Å². The lowest BCUT2D eigenvalue weighted by Gasteiger charge is -2.16. The molecule has 0 aliphatic carbocycles. The maximum absolute atomic E-state index is 12.1. The Kier molecular flexibility index (Phi) is 5.05. The lowest BCUT2D eigenvalue weighted by molar-refractivity contribution is -0.116. The van der Waals surface area contributed by atoms with E-state index in [1.807, 2.05) is 0 Å². The highest BCUT2D eigenvalue weighted by atomic mass is 35.5. The lowest BCUT2D eigenvalue weighted by Crippen LogP contribution is -2.35. The summed E-state index contributed by atoms with van der Waals surface area (Å²) in [5, 5.41) is 6.84. The fraction of sp³-hybridized carbons (Fsp3) is 0.214. The molecule has 0 fully saturated rings. The van der Waals surface area contributed by atoms with Crippen molar-refractivity contribution in [2.45, 2.75) is 6.92 Å². The highest BCUT2D eigenvalue weighted by Crippen LogP contribution is 2.29. The molecule has 0 saturated carbocycles. The molecule has 0 aliphatic rings. The van der Waals surface area contributed by atoms with Gasteiger partial charge in [-0.1, -0.05) is 34.4 Å². The Morgan fingerprint density at radius 1 is 1.32 bits per heavy atom. The van der Waals surface area contributed by atoms with Gasteiger partial charge in [0.15, 0.2) is 5.69 Å². The van der Waals surface area contributed by atoms with E-state index in [0.29, 0.717) is 21.5 Å². The van der Waals surface area contributed by atoms with Gasteiger partial charge >= 0.3 is 0 Å². The second-order valence-corrected chi connectivity index (χ2v) is 5.44. The number of benzene rings is 1. The fourth-order valence-corrected chi connectivity index (χ4v) is 2.24. The molecule has 0 spiro atoms. The van der Waals surface area contributed by atoms with E-state index < -0.39 is 11.8 Å². The van der Waals surface area contributed by atoms with Crippen LogP contribution in [-0.4, -0.2) is 35.5 Å². The second kappa shape index (κ2) is 6.81. The van der Waals surface area contributed by atoms with E-state index in [-0.39, 0.29) is 12.2 Å². The Morgan fingerprint density at radius 2 is 1.95 bits per heavy atom. The van der Waals surface area contributed by atoms with Gasteiger partial charge in [0.1, 0.15) is 5.76 Å². The van der Waals surface area contributed by atoms with Crippen molar-refractivity contribution in [3.8, 4) is 0 Å². The Morgan fingerprint density at radius 3 is 2.50 bits per heavy atom. The zero-order valence-corrected chi connectivity index (χ0v) is 13.4. The molecule has 0 unspecified atom stereocenters. The number of anilines is 1. The number of nitrogens with zero attached hydrogens (tertiary/aromatic N) is 2. The molecule has 2 amide bonds. The summed E-state index contributed by atoms with van der Waals surface area (Å²) in [6.45, 7) is 1.50. The Bertz CT molecular complexity index is 695. The molecule has 0 radical (unpaired) electrons. The Labute approximate surface area is 137 Å². The molecule has 22 heavy (non-hydrogen) atoms. The minimum Gasteiger partial charge on any atom is -0.361 e. The average Bonchev–Trinajstić information content (AvgIpc) is 2.88. The van der Waals surface area contributed by atoms with Gasteiger partial charge in [-0.3, -0.25) is 9.59 Å². The average molecular weight is 342 g/mol. The molecule has 0 saturated heterocycles. The van der Waals surface area contributed by atoms with Gasteiger partial charge in [0, 0.05) is 13.1 Å². The highest BCUT2D eigenvalue weighted by molar-refractivity contribution is 6.39. The van der Waals surface area contributed by atoms with Crippen LogP contribution in [0, 0.1) is 6.92 Å². The molecule has 2 aromatic rings. The van der Waals surface area contributed by atoms with Gasteiger partial charge in [0.25, 0.3) is 5.91 Å². The third-order valence-corrected chi connectivity index (χ3v) is 3.43. The van der Waals surface area contributed by atoms with Crippen LogP contribution in [0.4, 0.5) is 5.69 Å². The maximum atomic E-state index is 12.1. The monoisotopic (exact) mass is 341 g/mol. The molecule has 1 N–H and O–H groups in total. The van der Waals surface area contributed by atoms with E-state index in [4.69, 9.17) is 27.7 Å². The first kappa shape index (κ1) is 16.3. The van der Waals surface area contributed by atoms with Gasteiger partial charge in [0.05, 0.1) is 22.3 Å². The van der Waals surface area contributed by atoms with Crippen LogP contribution in [0.3, 0.4) is 0 Å². The number of amides is 2. The number of hydrogen-bond donors (Lipinski definition) is 1. The first-order valence-corrected chi connectivity index (χ1v) is 7.06. The van der Waals surface area contributed by atoms with Crippen LogP contribution < -0.4 is 5.32 Å². The van der Waals surface area contributed by atoms with Gasteiger partial charge in [-0.2, -0.15) is 0 Å². The summed E-state index contributed by atoms with van der Waals surface area (Å²) in [4.78, 5) is 25.3. The van der Waals surface area contributed by atoms with E-state index in [9.17, 15) is 9.59 Å². The number of carbonyl (C=O) groups excluding carboxylic acids is 2. The van der Waals surface area contributed by atoms with Crippen molar-refractivity contribution >= 4 is 40.7 Å². The minimum atomic E-state index is -0.425. The summed E-state index contributed by atoms with van der Waals surface area (Å²) in [5.74, 6) is -0.327. The highest BCUT2D eigenvalue weighted by Gasteiger charge is 2.19. The van der Waals surface area contributed by atoms with E-state index in [0.717, 1.165) is 0 Å². The molecular formula is C14H13Cl2N3O3. The van der Waals surface area contributed by atoms with E-state index in [1.165, 1.54) is 18.0 Å². The summed E-state index contributed by atoms with van der Waals surface area (Å²) in [5.41, 5.74) is 0.456. The number of rotatable bonds is 4. The van der Waals surface area contributed by atoms with Crippen LogP contribution in [0.5, 0.6) is 0 Å². The van der Waals surface area contributed by atoms with E-state index >= 15 is 0 Å². The predicted octanol–water partition coefficient (Wildman–Crippen LogP) is 3.00. The Balaban J connectivity index is 2.01. The van der Waals surface area contributed by atoms with Crippen molar-refractivity contribution in [3.05, 3.63) is 45.8 Å². The molecule has 0 atom stereocenters. The third kappa shape index (κ3) is 3.78. The summed E-state index contributed by atoms with van der Waals surface area (Å²) >= 11 is 11.9. The molecule has 6 nitrogen and oxygen atoms in total. The normalized spacial score (nSPS) is 10.4. The summed E-state index contributed by atoms with van der Waals surface area (Å²) < 4.78 is 4.83. The zero-order valence-electron chi connectivity index (χ0n) is 11.9. The summed E-state index contributed by atoms with van der Waals surface area (Å²) in [6, 6.07) is 6.39. The largest absolute Gasteiger partial charge is 0.361 e. The number of carbonyl (C=O) groups is 2. The first-order chi connectivity index (χ1) is 10.4. The fourth-order valence-electron chi connectivity index (χ4n) is 1.75. The van der Waals surface area contributed by atoms with Crippen LogP contribution >= 0.6 is 23.2 Å². The number of aromatic nitrogens is 1. The molecule has 1 aromatic heterocycles. The summed E-state index contributed by atoms with van der Waals surface area (Å²) in [7, 11) is 1.49. The molecule has 0 bridgehead atoms. The van der Waals surface area contributed by atoms with E-state index in [1.54, 1.807) is 25.1 Å². The lowest BCUT2D eigenvalue weighted by atomic mass is 10.3. The number of halogens is 2. The van der Waals surface area contributed by atoms with Gasteiger partial charge in [-0.05, 0) is 19.1 Å². The van der Waals surface area contributed by atoms with Crippen molar-refractivity contribution in [2.75, 3.05) is 18.9 Å². The van der Waals surface area contributed by atoms with Crippen LogP contribution in [0.2, 0.25) is 10.0 Å². The van der Waals surface area contributed by atoms with Crippen LogP contribution in [0.15, 0.2) is 28.8 Å². The van der Waals surface area contributed by atoms with Crippen molar-refractivity contribution in [2.24, 2.45) is 0 Å². The second-order valence-electron chi connectivity index (χ2n) is 4.63. The van der Waals surface area contributed by atoms with Gasteiger partial charge in [-0.15, -0.1) is 0 Å². The van der Waals surface area contributed by atoms with Crippen molar-refractivity contribution in [3.63, 3.8) is 0 Å². The van der Waals surface area contributed by atoms with E-state index in [2.05, 4.69) is 10.5 Å². The van der Waals surface area contributed by atoms with Crippen LogP contribution in [0.1, 0.15) is 16.2 Å². The van der Waals surface area contributed by atoms with Crippen LogP contribution in [-0.2, 0) is 4.79 Å². The predicted molar refractivity (Wildman–Crippen MR) is 83.3 cm³/mol. The maximum Gasteiger partial charge on any atom is 0.276 e. The number of nitrogens with one attached hydrogen (secondary N) is 1. The van der Waals surface area contributed by atoms with Crippen molar-refractivity contribution in [1.82, 2.24) is 10.1 Å². The number of aryl methyl sites for hydroxylation is 1. The molecule has 2 rings (SSSR count). The molecule has 1 heterocycles. The topological polar surface area (TPSA) is 75.4 Å². The van der Waals surface area contributed by atoms with Crippen molar-refractivity contribution in [1.29, 1.82) is 0 Å². The molecule has 116 valence electrons. The zero-order chi connectivity index (χ0) is 16.3.